The van der Waals surface area contributed by atoms with E-state index in [1.807, 2.05) is 0 Å². The van der Waals surface area contributed by atoms with E-state index in [2.05, 4.69) is 163 Å². The Hall–Kier alpha value is -4.10. The molecule has 0 aliphatic heterocycles. The van der Waals surface area contributed by atoms with Gasteiger partial charge in [-0.05, 0) is 194 Å². The second-order valence-electron chi connectivity index (χ2n) is 22.7. The SMILES string of the molecule is CC1(C)CCC(C)(C)c2cc(N(c3ccc4c(c3)C(C)(C)CCC4(C)C)c3ccc4c(c3)C3(c5cccc(-c6ccccc6)c5-4)C4CC5CC6CC3C64C5)ccc21. The molecule has 1 nitrogen and oxygen atoms in total. The second-order valence-corrected chi connectivity index (χ2v) is 22.7. The van der Waals surface area contributed by atoms with Crippen LogP contribution in [0.2, 0.25) is 0 Å². The van der Waals surface area contributed by atoms with Crippen molar-refractivity contribution in [1.29, 1.82) is 0 Å². The molecule has 0 aromatic heterocycles. The average Bonchev–Trinajstić information content (AvgIpc) is 3.83. The third-order valence-corrected chi connectivity index (χ3v) is 18.3. The fraction of sp³-hybridized carbons (Fsp3) is 0.464. The lowest BCUT2D eigenvalue weighted by atomic mass is 9.27. The van der Waals surface area contributed by atoms with E-state index in [-0.39, 0.29) is 27.1 Å². The number of rotatable bonds is 4. The maximum atomic E-state index is 2.72. The van der Waals surface area contributed by atoms with Gasteiger partial charge in [-0.3, -0.25) is 0 Å². The van der Waals surface area contributed by atoms with Crippen LogP contribution in [0.3, 0.4) is 0 Å². The minimum Gasteiger partial charge on any atom is -0.310 e. The molecule has 0 radical (unpaired) electrons. The summed E-state index contributed by atoms with van der Waals surface area (Å²) in [6.45, 7) is 19.7. The van der Waals surface area contributed by atoms with E-state index < -0.39 is 0 Å². The van der Waals surface area contributed by atoms with Gasteiger partial charge in [-0.25, -0.2) is 0 Å². The molecule has 57 heavy (non-hydrogen) atoms. The molecule has 4 saturated carbocycles. The van der Waals surface area contributed by atoms with Crippen LogP contribution in [0.5, 0.6) is 0 Å². The molecule has 4 fully saturated rings. The third kappa shape index (κ3) is 4.27. The van der Waals surface area contributed by atoms with E-state index in [0.717, 1.165) is 23.7 Å². The number of nitrogens with zero attached hydrogens (tertiary/aromatic N) is 1. The first-order valence-corrected chi connectivity index (χ1v) is 22.6. The first-order chi connectivity index (χ1) is 27.2. The van der Waals surface area contributed by atoms with Crippen LogP contribution in [0.15, 0.2) is 103 Å². The summed E-state index contributed by atoms with van der Waals surface area (Å²) in [6, 6.07) is 41.5. The molecule has 5 aromatic rings. The minimum absolute atomic E-state index is 0.118. The zero-order valence-electron chi connectivity index (χ0n) is 35.7. The van der Waals surface area contributed by atoms with Gasteiger partial charge < -0.3 is 4.90 Å². The van der Waals surface area contributed by atoms with E-state index >= 15 is 0 Å². The normalized spacial score (nSPS) is 31.6. The Bertz CT molecular complexity index is 2450. The molecule has 2 spiro atoms. The van der Waals surface area contributed by atoms with Crippen molar-refractivity contribution in [3.63, 3.8) is 0 Å². The first kappa shape index (κ1) is 34.9. The molecule has 1 heteroatoms. The van der Waals surface area contributed by atoms with Crippen molar-refractivity contribution in [1.82, 2.24) is 0 Å². The summed E-state index contributed by atoms with van der Waals surface area (Å²) in [7, 11) is 0. The van der Waals surface area contributed by atoms with Crippen molar-refractivity contribution in [2.75, 3.05) is 4.90 Å². The van der Waals surface area contributed by atoms with Gasteiger partial charge in [0.2, 0.25) is 0 Å². The van der Waals surface area contributed by atoms with Crippen LogP contribution in [0.4, 0.5) is 17.1 Å². The molecule has 6 atom stereocenters. The van der Waals surface area contributed by atoms with Crippen molar-refractivity contribution >= 4 is 17.1 Å². The number of hydrogen-bond donors (Lipinski definition) is 0. The van der Waals surface area contributed by atoms with Crippen LogP contribution >= 0.6 is 0 Å². The number of benzene rings is 5. The highest BCUT2D eigenvalue weighted by Crippen LogP contribution is 2.90. The Morgan fingerprint density at radius 1 is 0.456 bits per heavy atom. The summed E-state index contributed by atoms with van der Waals surface area (Å²) in [5.41, 5.74) is 20.4. The fourth-order valence-corrected chi connectivity index (χ4v) is 15.3. The third-order valence-electron chi connectivity index (χ3n) is 18.3. The summed E-state index contributed by atoms with van der Waals surface area (Å²) in [5.74, 6) is 3.43. The lowest BCUT2D eigenvalue weighted by molar-refractivity contribution is -0.231. The quantitative estimate of drug-likeness (QED) is 0.177. The molecule has 12 rings (SSSR count). The van der Waals surface area contributed by atoms with Gasteiger partial charge in [-0.15, -0.1) is 0 Å². The highest BCUT2D eigenvalue weighted by molar-refractivity contribution is 5.95. The summed E-state index contributed by atoms with van der Waals surface area (Å²) in [4.78, 5) is 2.67. The predicted octanol–water partition coefficient (Wildman–Crippen LogP) is 14.9. The van der Waals surface area contributed by atoms with Crippen molar-refractivity contribution in [3.05, 3.63) is 137 Å². The monoisotopic (exact) mass is 747 g/mol. The molecule has 7 aliphatic carbocycles. The number of fused-ring (bicyclic) bond motifs is 10. The molecule has 6 unspecified atom stereocenters. The van der Waals surface area contributed by atoms with E-state index in [9.17, 15) is 0 Å². The lowest BCUT2D eigenvalue weighted by Gasteiger charge is -2.76. The molecule has 5 aromatic carbocycles. The molecule has 0 amide bonds. The molecule has 290 valence electrons. The molecule has 0 N–H and O–H groups in total. The van der Waals surface area contributed by atoms with Crippen LogP contribution in [0, 0.1) is 29.1 Å². The number of hydrogen-bond acceptors (Lipinski definition) is 1. The minimum atomic E-state index is 0.118. The Morgan fingerprint density at radius 3 is 1.60 bits per heavy atom. The van der Waals surface area contributed by atoms with Crippen LogP contribution in [0.1, 0.15) is 140 Å². The van der Waals surface area contributed by atoms with Crippen molar-refractivity contribution < 1.29 is 0 Å². The molecule has 2 bridgehead atoms. The lowest BCUT2D eigenvalue weighted by Crippen LogP contribution is -2.73. The van der Waals surface area contributed by atoms with Crippen LogP contribution in [-0.4, -0.2) is 0 Å². The first-order valence-electron chi connectivity index (χ1n) is 22.6. The fourth-order valence-electron chi connectivity index (χ4n) is 15.3. The van der Waals surface area contributed by atoms with Crippen LogP contribution < -0.4 is 4.90 Å². The second kappa shape index (κ2) is 10.9. The summed E-state index contributed by atoms with van der Waals surface area (Å²) >= 11 is 0. The zero-order valence-corrected chi connectivity index (χ0v) is 35.7. The van der Waals surface area contributed by atoms with Gasteiger partial charge in [-0.2, -0.15) is 0 Å². The maximum absolute atomic E-state index is 2.72. The molecular formula is C56H61N. The molecule has 0 heterocycles. The van der Waals surface area contributed by atoms with E-state index in [1.54, 1.807) is 11.1 Å². The summed E-state index contributed by atoms with van der Waals surface area (Å²) < 4.78 is 0. The maximum Gasteiger partial charge on any atom is 0.0465 e. The smallest absolute Gasteiger partial charge is 0.0465 e. The Morgan fingerprint density at radius 2 is 1.00 bits per heavy atom. The molecular weight excluding hydrogens is 687 g/mol. The van der Waals surface area contributed by atoms with Gasteiger partial charge in [0.1, 0.15) is 0 Å². The van der Waals surface area contributed by atoms with Crippen molar-refractivity contribution in [2.45, 2.75) is 134 Å². The van der Waals surface area contributed by atoms with Crippen LogP contribution in [0.25, 0.3) is 22.3 Å². The van der Waals surface area contributed by atoms with Gasteiger partial charge in [0, 0.05) is 22.5 Å². The average molecular weight is 748 g/mol. The Kier molecular flexibility index (Phi) is 6.69. The highest BCUT2D eigenvalue weighted by Gasteiger charge is 2.84. The largest absolute Gasteiger partial charge is 0.310 e. The standard InChI is InChI=1S/C56H61N/c1-51(2)23-25-53(5,6)46-31-38(18-21-42(46)51)57(39-19-22-43-47(32-39)54(7,8)26-24-52(43,3)4)37-17-20-41-45(30-37)56(48-28-34-27-36-29-49(56)55(36,48)33-34)44-16-12-15-40(50(41)44)35-13-10-9-11-14-35/h9-22,30-32,34,36,48-49H,23-29,33H2,1-8H3. The van der Waals surface area contributed by atoms with Gasteiger partial charge in [0.25, 0.3) is 0 Å². The van der Waals surface area contributed by atoms with Crippen LogP contribution in [-0.2, 0) is 27.1 Å². The predicted molar refractivity (Wildman–Crippen MR) is 238 cm³/mol. The van der Waals surface area contributed by atoms with Gasteiger partial charge in [-0.1, -0.05) is 122 Å². The van der Waals surface area contributed by atoms with E-state index in [0.29, 0.717) is 5.41 Å². The van der Waals surface area contributed by atoms with E-state index in [1.165, 1.54) is 113 Å². The Labute approximate surface area is 342 Å². The Balaban J connectivity index is 1.10. The summed E-state index contributed by atoms with van der Waals surface area (Å²) in [5, 5.41) is 0. The van der Waals surface area contributed by atoms with Gasteiger partial charge in [0.15, 0.2) is 0 Å². The van der Waals surface area contributed by atoms with Crippen molar-refractivity contribution in [3.8, 4) is 22.3 Å². The molecule has 0 saturated heterocycles. The van der Waals surface area contributed by atoms with Gasteiger partial charge in [0.05, 0.1) is 0 Å². The summed E-state index contributed by atoms with van der Waals surface area (Å²) in [6.07, 6.45) is 10.7. The molecule has 7 aliphatic rings. The highest BCUT2D eigenvalue weighted by atomic mass is 15.1. The number of anilines is 3. The topological polar surface area (TPSA) is 3.24 Å². The van der Waals surface area contributed by atoms with Crippen molar-refractivity contribution in [2.24, 2.45) is 29.1 Å². The van der Waals surface area contributed by atoms with Gasteiger partial charge >= 0.3 is 0 Å². The zero-order chi connectivity index (χ0) is 39.1. The van der Waals surface area contributed by atoms with E-state index in [4.69, 9.17) is 0 Å².